The molecule has 2 heterocycles. The lowest BCUT2D eigenvalue weighted by molar-refractivity contribution is -0.152. The number of piperidine rings is 1. The van der Waals surface area contributed by atoms with Crippen molar-refractivity contribution in [3.8, 4) is 0 Å². The van der Waals surface area contributed by atoms with Crippen LogP contribution in [-0.2, 0) is 26.2 Å². The zero-order chi connectivity index (χ0) is 20.3. The third-order valence-corrected chi connectivity index (χ3v) is 6.51. The summed E-state index contributed by atoms with van der Waals surface area (Å²) in [6.45, 7) is 3.96. The van der Waals surface area contributed by atoms with E-state index in [0.717, 1.165) is 6.07 Å². The Balaban J connectivity index is 1.54. The summed E-state index contributed by atoms with van der Waals surface area (Å²) in [5, 5.41) is 3.80. The van der Waals surface area contributed by atoms with Crippen molar-refractivity contribution in [1.82, 2.24) is 14.4 Å². The highest BCUT2D eigenvalue weighted by atomic mass is 32.2. The normalized spacial score (nSPS) is 16.4. The van der Waals surface area contributed by atoms with E-state index in [1.807, 2.05) is 13.8 Å². The van der Waals surface area contributed by atoms with Crippen LogP contribution in [-0.4, -0.2) is 41.9 Å². The number of hydrogen-bond donors (Lipinski definition) is 0. The predicted molar refractivity (Wildman–Crippen MR) is 96.1 cm³/mol. The van der Waals surface area contributed by atoms with Gasteiger partial charge >= 0.3 is 5.97 Å². The fourth-order valence-electron chi connectivity index (χ4n) is 2.94. The SMILES string of the molecule is CC(C)c1noc(COC(=O)C2CCN(S(=O)(=O)c3ccccc3F)CC2)n1. The highest BCUT2D eigenvalue weighted by Gasteiger charge is 2.34. The molecule has 0 N–H and O–H groups in total. The molecule has 0 amide bonds. The van der Waals surface area contributed by atoms with E-state index in [-0.39, 0.29) is 36.4 Å². The number of rotatable bonds is 6. The fraction of sp³-hybridized carbons (Fsp3) is 0.500. The lowest BCUT2D eigenvalue weighted by Gasteiger charge is -2.30. The second-order valence-corrected chi connectivity index (χ2v) is 8.82. The molecule has 2 aromatic rings. The molecule has 1 aromatic carbocycles. The quantitative estimate of drug-likeness (QED) is 0.673. The second kappa shape index (κ2) is 8.36. The highest BCUT2D eigenvalue weighted by Crippen LogP contribution is 2.26. The first-order valence-electron chi connectivity index (χ1n) is 9.03. The van der Waals surface area contributed by atoms with Crippen LogP contribution in [0.2, 0.25) is 0 Å². The molecule has 0 aliphatic carbocycles. The van der Waals surface area contributed by atoms with E-state index in [2.05, 4.69) is 10.1 Å². The van der Waals surface area contributed by atoms with E-state index < -0.39 is 27.7 Å². The summed E-state index contributed by atoms with van der Waals surface area (Å²) in [6.07, 6.45) is 0.598. The van der Waals surface area contributed by atoms with Crippen molar-refractivity contribution in [3.63, 3.8) is 0 Å². The largest absolute Gasteiger partial charge is 0.455 e. The Kier molecular flexibility index (Phi) is 6.09. The number of halogens is 1. The number of benzene rings is 1. The Morgan fingerprint density at radius 2 is 2.00 bits per heavy atom. The van der Waals surface area contributed by atoms with E-state index in [4.69, 9.17) is 9.26 Å². The molecule has 1 saturated heterocycles. The average molecular weight is 411 g/mol. The number of esters is 1. The van der Waals surface area contributed by atoms with Crippen molar-refractivity contribution >= 4 is 16.0 Å². The fourth-order valence-corrected chi connectivity index (χ4v) is 4.47. The Hall–Kier alpha value is -2.33. The summed E-state index contributed by atoms with van der Waals surface area (Å²) in [4.78, 5) is 16.0. The molecule has 0 radical (unpaired) electrons. The van der Waals surface area contributed by atoms with Crippen LogP contribution in [0.5, 0.6) is 0 Å². The molecule has 0 spiro atoms. The van der Waals surface area contributed by atoms with Gasteiger partial charge in [0.1, 0.15) is 10.7 Å². The molecule has 152 valence electrons. The Morgan fingerprint density at radius 1 is 1.32 bits per heavy atom. The molecule has 10 heteroatoms. The second-order valence-electron chi connectivity index (χ2n) is 6.92. The van der Waals surface area contributed by atoms with Gasteiger partial charge in [-0.15, -0.1) is 0 Å². The van der Waals surface area contributed by atoms with Crippen LogP contribution < -0.4 is 0 Å². The lowest BCUT2D eigenvalue weighted by Crippen LogP contribution is -2.40. The average Bonchev–Trinajstić information content (AvgIpc) is 3.16. The number of hydrogen-bond acceptors (Lipinski definition) is 7. The number of carbonyl (C=O) groups excluding carboxylic acids is 1. The summed E-state index contributed by atoms with van der Waals surface area (Å²) in [6, 6.07) is 5.26. The van der Waals surface area contributed by atoms with Gasteiger partial charge in [0, 0.05) is 19.0 Å². The zero-order valence-electron chi connectivity index (χ0n) is 15.7. The smallest absolute Gasteiger partial charge is 0.309 e. The number of aromatic nitrogens is 2. The van der Waals surface area contributed by atoms with Crippen LogP contribution in [0.4, 0.5) is 4.39 Å². The molecular weight excluding hydrogens is 389 g/mol. The minimum atomic E-state index is -3.93. The Labute approximate surface area is 162 Å². The van der Waals surface area contributed by atoms with E-state index >= 15 is 0 Å². The topological polar surface area (TPSA) is 103 Å². The van der Waals surface area contributed by atoms with Crippen molar-refractivity contribution in [2.24, 2.45) is 5.92 Å². The Bertz CT molecular complexity index is 936. The highest BCUT2D eigenvalue weighted by molar-refractivity contribution is 7.89. The van der Waals surface area contributed by atoms with E-state index in [9.17, 15) is 17.6 Å². The first-order valence-corrected chi connectivity index (χ1v) is 10.5. The first-order chi connectivity index (χ1) is 13.3. The predicted octanol–water partition coefficient (Wildman–Crippen LogP) is 2.48. The molecule has 1 aliphatic rings. The molecule has 8 nitrogen and oxygen atoms in total. The minimum absolute atomic E-state index is 0.105. The molecule has 0 atom stereocenters. The number of nitrogens with zero attached hydrogens (tertiary/aromatic N) is 3. The summed E-state index contributed by atoms with van der Waals surface area (Å²) >= 11 is 0. The summed E-state index contributed by atoms with van der Waals surface area (Å²) in [7, 11) is -3.93. The maximum atomic E-state index is 13.9. The number of ether oxygens (including phenoxy) is 1. The molecule has 1 aliphatic heterocycles. The van der Waals surface area contributed by atoms with Gasteiger partial charge < -0.3 is 9.26 Å². The molecule has 28 heavy (non-hydrogen) atoms. The molecule has 0 unspecified atom stereocenters. The van der Waals surface area contributed by atoms with Gasteiger partial charge in [0.05, 0.1) is 5.92 Å². The van der Waals surface area contributed by atoms with Gasteiger partial charge in [0.15, 0.2) is 12.4 Å². The van der Waals surface area contributed by atoms with Crippen molar-refractivity contribution in [2.45, 2.75) is 44.1 Å². The maximum Gasteiger partial charge on any atom is 0.309 e. The minimum Gasteiger partial charge on any atom is -0.455 e. The van der Waals surface area contributed by atoms with Gasteiger partial charge in [-0.3, -0.25) is 4.79 Å². The maximum absolute atomic E-state index is 13.9. The number of sulfonamides is 1. The summed E-state index contributed by atoms with van der Waals surface area (Å²) in [5.41, 5.74) is 0. The van der Waals surface area contributed by atoms with Crippen LogP contribution >= 0.6 is 0 Å². The first kappa shape index (κ1) is 20.4. The summed E-state index contributed by atoms with van der Waals surface area (Å²) < 4.78 is 50.5. The third kappa shape index (κ3) is 4.39. The van der Waals surface area contributed by atoms with E-state index in [1.54, 1.807) is 0 Å². The van der Waals surface area contributed by atoms with Gasteiger partial charge in [0.25, 0.3) is 5.89 Å². The van der Waals surface area contributed by atoms with Crippen LogP contribution in [0.1, 0.15) is 44.3 Å². The van der Waals surface area contributed by atoms with E-state index in [0.29, 0.717) is 18.7 Å². The van der Waals surface area contributed by atoms with E-state index in [1.165, 1.54) is 22.5 Å². The summed E-state index contributed by atoms with van der Waals surface area (Å²) in [5.74, 6) is -0.792. The zero-order valence-corrected chi connectivity index (χ0v) is 16.5. The van der Waals surface area contributed by atoms with Gasteiger partial charge in [-0.25, -0.2) is 12.8 Å². The van der Waals surface area contributed by atoms with Crippen LogP contribution in [0, 0.1) is 11.7 Å². The number of carbonyl (C=O) groups is 1. The monoisotopic (exact) mass is 411 g/mol. The van der Waals surface area contributed by atoms with Crippen LogP contribution in [0.25, 0.3) is 0 Å². The van der Waals surface area contributed by atoms with Crippen molar-refractivity contribution in [1.29, 1.82) is 0 Å². The lowest BCUT2D eigenvalue weighted by atomic mass is 9.98. The molecule has 0 bridgehead atoms. The van der Waals surface area contributed by atoms with Crippen molar-refractivity contribution < 1.29 is 26.9 Å². The molecule has 3 rings (SSSR count). The van der Waals surface area contributed by atoms with Gasteiger partial charge in [-0.2, -0.15) is 9.29 Å². The Morgan fingerprint density at radius 3 is 2.61 bits per heavy atom. The van der Waals surface area contributed by atoms with Crippen molar-refractivity contribution in [3.05, 3.63) is 41.8 Å². The van der Waals surface area contributed by atoms with Gasteiger partial charge in [0.2, 0.25) is 10.0 Å². The molecular formula is C18H22FN3O5S. The van der Waals surface area contributed by atoms with Crippen LogP contribution in [0.3, 0.4) is 0 Å². The van der Waals surface area contributed by atoms with Crippen molar-refractivity contribution in [2.75, 3.05) is 13.1 Å². The molecule has 1 fully saturated rings. The van der Waals surface area contributed by atoms with Gasteiger partial charge in [-0.05, 0) is 25.0 Å². The standard InChI is InChI=1S/C18H22FN3O5S/c1-12(2)17-20-16(27-21-17)11-26-18(23)13-7-9-22(10-8-13)28(24,25)15-6-4-3-5-14(15)19/h3-6,12-13H,7-11H2,1-2H3. The molecule has 1 aromatic heterocycles. The third-order valence-electron chi connectivity index (χ3n) is 4.58. The van der Waals surface area contributed by atoms with Crippen LogP contribution in [0.15, 0.2) is 33.7 Å². The molecule has 0 saturated carbocycles. The van der Waals surface area contributed by atoms with Gasteiger partial charge in [-0.1, -0.05) is 31.1 Å².